The maximum absolute atomic E-state index is 11.8. The van der Waals surface area contributed by atoms with E-state index in [9.17, 15) is 4.79 Å². The van der Waals surface area contributed by atoms with Crippen molar-refractivity contribution in [3.05, 3.63) is 71.2 Å². The lowest BCUT2D eigenvalue weighted by Crippen LogP contribution is -1.96. The van der Waals surface area contributed by atoms with Gasteiger partial charge in [-0.1, -0.05) is 29.8 Å². The Kier molecular flexibility index (Phi) is 2.80. The van der Waals surface area contributed by atoms with Crippen molar-refractivity contribution >= 4 is 17.8 Å². The molecule has 0 fully saturated rings. The molecule has 1 aromatic heterocycles. The molecule has 0 amide bonds. The Morgan fingerprint density at radius 1 is 1.11 bits per heavy atom. The van der Waals surface area contributed by atoms with Crippen molar-refractivity contribution in [3.63, 3.8) is 0 Å². The lowest BCUT2D eigenvalue weighted by atomic mass is 10.1. The molecule has 19 heavy (non-hydrogen) atoms. The van der Waals surface area contributed by atoms with Crippen molar-refractivity contribution in [1.82, 2.24) is 0 Å². The number of furan rings is 1. The van der Waals surface area contributed by atoms with Crippen LogP contribution in [-0.4, -0.2) is 5.97 Å². The first-order valence-corrected chi connectivity index (χ1v) is 5.98. The third kappa shape index (κ3) is 2.36. The van der Waals surface area contributed by atoms with E-state index in [0.717, 1.165) is 5.56 Å². The topological polar surface area (TPSA) is 39.4 Å². The number of carbonyl (C=O) groups is 1. The summed E-state index contributed by atoms with van der Waals surface area (Å²) in [7, 11) is 0. The number of aryl methyl sites for hydroxylation is 1. The summed E-state index contributed by atoms with van der Waals surface area (Å²) in [6, 6.07) is 11.4. The molecule has 0 saturated carbocycles. The molecule has 0 bridgehead atoms. The molecule has 2 heterocycles. The van der Waals surface area contributed by atoms with Crippen molar-refractivity contribution < 1.29 is 13.9 Å². The van der Waals surface area contributed by atoms with Gasteiger partial charge in [-0.2, -0.15) is 0 Å². The summed E-state index contributed by atoms with van der Waals surface area (Å²) in [4.78, 5) is 11.8. The molecule has 1 aliphatic rings. The van der Waals surface area contributed by atoms with Gasteiger partial charge in [-0.05, 0) is 31.2 Å². The maximum atomic E-state index is 11.8. The highest BCUT2D eigenvalue weighted by molar-refractivity contribution is 6.04. The van der Waals surface area contributed by atoms with E-state index in [2.05, 4.69) is 0 Å². The molecule has 0 aliphatic carbocycles. The van der Waals surface area contributed by atoms with E-state index in [1.54, 1.807) is 30.5 Å². The van der Waals surface area contributed by atoms with Crippen LogP contribution in [0, 0.1) is 6.92 Å². The number of hydrogen-bond donors (Lipinski definition) is 0. The van der Waals surface area contributed by atoms with Gasteiger partial charge in [0, 0.05) is 5.56 Å². The van der Waals surface area contributed by atoms with E-state index in [1.165, 1.54) is 5.56 Å². The average Bonchev–Trinajstić information content (AvgIpc) is 3.02. The van der Waals surface area contributed by atoms with Gasteiger partial charge in [0.25, 0.3) is 0 Å². The molecule has 0 radical (unpaired) electrons. The molecule has 2 aromatic rings. The molecule has 94 valence electrons. The zero-order valence-corrected chi connectivity index (χ0v) is 10.4. The predicted molar refractivity (Wildman–Crippen MR) is 71.9 cm³/mol. The smallest absolute Gasteiger partial charge is 0.343 e. The number of cyclic esters (lactones) is 1. The van der Waals surface area contributed by atoms with Crippen molar-refractivity contribution in [2.24, 2.45) is 0 Å². The van der Waals surface area contributed by atoms with Crippen LogP contribution >= 0.6 is 0 Å². The minimum Gasteiger partial charge on any atom is -0.465 e. The summed E-state index contributed by atoms with van der Waals surface area (Å²) < 4.78 is 10.4. The fourth-order valence-electron chi connectivity index (χ4n) is 1.88. The quantitative estimate of drug-likeness (QED) is 0.606. The maximum Gasteiger partial charge on any atom is 0.343 e. The molecule has 0 N–H and O–H groups in total. The first-order chi connectivity index (χ1) is 9.22. The number of esters is 1. The van der Waals surface area contributed by atoms with Crippen LogP contribution < -0.4 is 0 Å². The molecular formula is C16H12O3. The van der Waals surface area contributed by atoms with E-state index in [0.29, 0.717) is 17.1 Å². The Hall–Kier alpha value is -2.55. The van der Waals surface area contributed by atoms with Crippen LogP contribution in [0.1, 0.15) is 16.9 Å². The van der Waals surface area contributed by atoms with Crippen LogP contribution in [-0.2, 0) is 9.53 Å². The predicted octanol–water partition coefficient (Wildman–Crippen LogP) is 3.57. The highest BCUT2D eigenvalue weighted by atomic mass is 16.5. The third-order valence-electron chi connectivity index (χ3n) is 2.90. The van der Waals surface area contributed by atoms with Crippen LogP contribution in [0.5, 0.6) is 0 Å². The number of rotatable bonds is 2. The van der Waals surface area contributed by atoms with Crippen molar-refractivity contribution in [1.29, 1.82) is 0 Å². The Bertz CT molecular complexity index is 659. The molecule has 0 saturated heterocycles. The zero-order valence-electron chi connectivity index (χ0n) is 10.4. The monoisotopic (exact) mass is 252 g/mol. The summed E-state index contributed by atoms with van der Waals surface area (Å²) in [5.41, 5.74) is 2.55. The van der Waals surface area contributed by atoms with Gasteiger partial charge in [0.05, 0.1) is 11.8 Å². The molecular weight excluding hydrogens is 240 g/mol. The Balaban J connectivity index is 1.93. The summed E-state index contributed by atoms with van der Waals surface area (Å²) >= 11 is 0. The van der Waals surface area contributed by atoms with Crippen LogP contribution in [0.15, 0.2) is 58.7 Å². The van der Waals surface area contributed by atoms with Gasteiger partial charge in [0.15, 0.2) is 0 Å². The highest BCUT2D eigenvalue weighted by Crippen LogP contribution is 2.27. The van der Waals surface area contributed by atoms with Gasteiger partial charge in [0.1, 0.15) is 11.5 Å². The molecule has 0 spiro atoms. The lowest BCUT2D eigenvalue weighted by Gasteiger charge is -2.01. The number of hydrogen-bond acceptors (Lipinski definition) is 3. The van der Waals surface area contributed by atoms with E-state index in [-0.39, 0.29) is 5.97 Å². The SMILES string of the molecule is Cc1ccc(C2=C/C(=C\c3ccco3)C(=O)O2)cc1. The fraction of sp³-hybridized carbons (Fsp3) is 0.0625. The molecule has 0 unspecified atom stereocenters. The average molecular weight is 252 g/mol. The summed E-state index contributed by atoms with van der Waals surface area (Å²) in [6.07, 6.45) is 4.97. The Morgan fingerprint density at radius 3 is 2.58 bits per heavy atom. The van der Waals surface area contributed by atoms with Crippen molar-refractivity contribution in [3.8, 4) is 0 Å². The van der Waals surface area contributed by atoms with Crippen molar-refractivity contribution in [2.45, 2.75) is 6.92 Å². The van der Waals surface area contributed by atoms with Crippen molar-refractivity contribution in [2.75, 3.05) is 0 Å². The van der Waals surface area contributed by atoms with Crippen LogP contribution in [0.2, 0.25) is 0 Å². The van der Waals surface area contributed by atoms with Gasteiger partial charge < -0.3 is 9.15 Å². The second-order valence-electron chi connectivity index (χ2n) is 4.38. The lowest BCUT2D eigenvalue weighted by molar-refractivity contribution is -0.130. The molecule has 3 heteroatoms. The van der Waals surface area contributed by atoms with E-state index >= 15 is 0 Å². The van der Waals surface area contributed by atoms with Gasteiger partial charge in [0.2, 0.25) is 0 Å². The van der Waals surface area contributed by atoms with Crippen LogP contribution in [0.3, 0.4) is 0 Å². The van der Waals surface area contributed by atoms with Gasteiger partial charge in [-0.25, -0.2) is 4.79 Å². The molecule has 1 aromatic carbocycles. The van der Waals surface area contributed by atoms with E-state index in [4.69, 9.17) is 9.15 Å². The second kappa shape index (κ2) is 4.61. The molecule has 3 rings (SSSR count). The van der Waals surface area contributed by atoms with Gasteiger partial charge in [-0.15, -0.1) is 0 Å². The normalized spacial score (nSPS) is 16.6. The Labute approximate surface area is 110 Å². The summed E-state index contributed by atoms with van der Waals surface area (Å²) in [5, 5.41) is 0. The van der Waals surface area contributed by atoms with E-state index < -0.39 is 0 Å². The van der Waals surface area contributed by atoms with E-state index in [1.807, 2.05) is 31.2 Å². The van der Waals surface area contributed by atoms with Gasteiger partial charge in [-0.3, -0.25) is 0 Å². The summed E-state index contributed by atoms with van der Waals surface area (Å²) in [6.45, 7) is 2.01. The van der Waals surface area contributed by atoms with Gasteiger partial charge >= 0.3 is 5.97 Å². The molecule has 3 nitrogen and oxygen atoms in total. The standard InChI is InChI=1S/C16H12O3/c1-11-4-6-12(7-5-11)15-10-13(16(17)19-15)9-14-3-2-8-18-14/h2-10H,1H3/b13-9+. The zero-order chi connectivity index (χ0) is 13.2. The third-order valence-corrected chi connectivity index (χ3v) is 2.90. The molecule has 1 aliphatic heterocycles. The highest BCUT2D eigenvalue weighted by Gasteiger charge is 2.22. The van der Waals surface area contributed by atoms with Crippen LogP contribution in [0.4, 0.5) is 0 Å². The number of ether oxygens (including phenoxy) is 1. The number of carbonyl (C=O) groups excluding carboxylic acids is 1. The number of benzene rings is 1. The molecule has 0 atom stereocenters. The summed E-state index contributed by atoms with van der Waals surface area (Å²) in [5.74, 6) is 0.850. The minimum absolute atomic E-state index is 0.355. The minimum atomic E-state index is -0.355. The van der Waals surface area contributed by atoms with Crippen LogP contribution in [0.25, 0.3) is 11.8 Å². The fourth-order valence-corrected chi connectivity index (χ4v) is 1.88. The largest absolute Gasteiger partial charge is 0.465 e. The Morgan fingerprint density at radius 2 is 1.89 bits per heavy atom. The first kappa shape index (κ1) is 11.5. The second-order valence-corrected chi connectivity index (χ2v) is 4.38. The first-order valence-electron chi connectivity index (χ1n) is 5.98.